The van der Waals surface area contributed by atoms with Crippen LogP contribution < -0.4 is 0 Å². The quantitative estimate of drug-likeness (QED) is 0.632. The third-order valence-corrected chi connectivity index (χ3v) is 3.70. The summed E-state index contributed by atoms with van der Waals surface area (Å²) in [6.07, 6.45) is 2.57. The molecule has 0 aliphatic heterocycles. The van der Waals surface area contributed by atoms with Gasteiger partial charge < -0.3 is 0 Å². The smallest absolute Gasteiger partial charge is 0 e. The summed E-state index contributed by atoms with van der Waals surface area (Å²) in [6, 6.07) is 9.68. The fourth-order valence-corrected chi connectivity index (χ4v) is 2.47. The third-order valence-electron chi connectivity index (χ3n) is 3.70. The van der Waals surface area contributed by atoms with Gasteiger partial charge in [-0.25, -0.2) is 0 Å². The predicted molar refractivity (Wildman–Crippen MR) is 60.6 cm³/mol. The van der Waals surface area contributed by atoms with E-state index >= 15 is 0 Å². The maximum absolute atomic E-state index is 3.21. The van der Waals surface area contributed by atoms with Gasteiger partial charge in [-0.15, -0.1) is 11.1 Å². The molecule has 0 atom stereocenters. The van der Waals surface area contributed by atoms with Crippen molar-refractivity contribution in [2.24, 2.45) is 0 Å². The Bertz CT molecular complexity index is 315. The van der Waals surface area contributed by atoms with Crippen LogP contribution in [0.4, 0.5) is 0 Å². The van der Waals surface area contributed by atoms with Crippen LogP contribution in [-0.4, -0.2) is 0 Å². The van der Waals surface area contributed by atoms with Crippen LogP contribution in [0.1, 0.15) is 51.7 Å². The minimum absolute atomic E-state index is 0. The molecule has 79 valence electrons. The topological polar surface area (TPSA) is 0 Å². The van der Waals surface area contributed by atoms with Gasteiger partial charge in [-0.1, -0.05) is 39.5 Å². The Balaban J connectivity index is 0.00000112. The van der Waals surface area contributed by atoms with Gasteiger partial charge in [0.15, 0.2) is 0 Å². The predicted octanol–water partition coefficient (Wildman–Crippen LogP) is 3.83. The molecule has 15 heavy (non-hydrogen) atoms. The number of fused-ring (bicyclic) bond motifs is 1. The molecule has 1 aliphatic carbocycles. The molecule has 1 aromatic rings. The molecule has 1 aliphatic rings. The molecule has 0 saturated heterocycles. The number of hydrogen-bond donors (Lipinski definition) is 0. The first kappa shape index (κ1) is 13.4. The molecule has 1 heteroatoms. The molecular weight excluding hydrogens is 257 g/mol. The van der Waals surface area contributed by atoms with E-state index in [1.165, 1.54) is 24.0 Å². The van der Waals surface area contributed by atoms with E-state index in [1.54, 1.807) is 0 Å². The molecule has 0 unspecified atom stereocenters. The van der Waals surface area contributed by atoms with E-state index in [0.29, 0.717) is 10.8 Å². The van der Waals surface area contributed by atoms with Gasteiger partial charge in [0.25, 0.3) is 0 Å². The van der Waals surface area contributed by atoms with Crippen molar-refractivity contribution in [3.63, 3.8) is 0 Å². The van der Waals surface area contributed by atoms with Crippen LogP contribution in [0.15, 0.2) is 18.2 Å². The zero-order valence-electron chi connectivity index (χ0n) is 10.2. The fraction of sp³-hybridized carbons (Fsp3) is 0.571. The molecule has 2 rings (SSSR count). The molecule has 0 heterocycles. The summed E-state index contributed by atoms with van der Waals surface area (Å²) in [5, 5.41) is 0. The number of rotatable bonds is 0. The van der Waals surface area contributed by atoms with E-state index in [-0.39, 0.29) is 32.7 Å². The monoisotopic (exact) mass is 276 g/mol. The SMILES string of the molecule is CC1(C)CCC(C)(C)c2cc[c-]cc21.[Y]. The number of benzene rings is 1. The Morgan fingerprint density at radius 3 is 2.07 bits per heavy atom. The second-order valence-electron chi connectivity index (χ2n) is 5.74. The largest absolute Gasteiger partial charge is 0.184 e. The Kier molecular flexibility index (Phi) is 3.84. The van der Waals surface area contributed by atoms with Gasteiger partial charge in [0.2, 0.25) is 0 Å². The molecule has 0 aromatic heterocycles. The first-order valence-corrected chi connectivity index (χ1v) is 5.45. The van der Waals surface area contributed by atoms with Crippen molar-refractivity contribution in [2.45, 2.75) is 51.4 Å². The van der Waals surface area contributed by atoms with Crippen molar-refractivity contribution in [2.75, 3.05) is 0 Å². The van der Waals surface area contributed by atoms with Crippen LogP contribution in [-0.2, 0) is 43.5 Å². The maximum Gasteiger partial charge on any atom is 0 e. The summed E-state index contributed by atoms with van der Waals surface area (Å²) in [6.45, 7) is 9.38. The van der Waals surface area contributed by atoms with Crippen molar-refractivity contribution in [1.82, 2.24) is 0 Å². The van der Waals surface area contributed by atoms with Gasteiger partial charge in [-0.2, -0.15) is 24.3 Å². The zero-order valence-corrected chi connectivity index (χ0v) is 13.1. The van der Waals surface area contributed by atoms with Gasteiger partial charge in [0.05, 0.1) is 0 Å². The first-order chi connectivity index (χ1) is 6.43. The molecule has 0 N–H and O–H groups in total. The van der Waals surface area contributed by atoms with Crippen molar-refractivity contribution in [3.05, 3.63) is 35.4 Å². The number of hydrogen-bond acceptors (Lipinski definition) is 0. The Hall–Kier alpha value is 0.324. The summed E-state index contributed by atoms with van der Waals surface area (Å²) in [7, 11) is 0. The van der Waals surface area contributed by atoms with Crippen LogP contribution in [0, 0.1) is 6.07 Å². The second kappa shape index (κ2) is 4.30. The van der Waals surface area contributed by atoms with Gasteiger partial charge in [0, 0.05) is 32.7 Å². The fourth-order valence-electron chi connectivity index (χ4n) is 2.47. The third kappa shape index (κ3) is 2.37. The molecule has 0 nitrogen and oxygen atoms in total. The summed E-state index contributed by atoms with van der Waals surface area (Å²) in [5.74, 6) is 0. The van der Waals surface area contributed by atoms with Gasteiger partial charge >= 0.3 is 0 Å². The average Bonchev–Trinajstić information content (AvgIpc) is 2.14. The minimum Gasteiger partial charge on any atom is -0.184 e. The Labute approximate surface area is 119 Å². The standard InChI is InChI=1S/C14H19.Y/c1-13(2)9-10-14(3,4)12-8-6-5-7-11(12)13;/h5,7-8H,9-10H2,1-4H3;/q-1;. The van der Waals surface area contributed by atoms with Crippen LogP contribution in [0.25, 0.3) is 0 Å². The molecule has 0 fully saturated rings. The van der Waals surface area contributed by atoms with Crippen molar-refractivity contribution in [3.8, 4) is 0 Å². The van der Waals surface area contributed by atoms with Crippen LogP contribution >= 0.6 is 0 Å². The molecule has 0 bridgehead atoms. The van der Waals surface area contributed by atoms with Gasteiger partial charge in [-0.3, -0.25) is 0 Å². The minimum atomic E-state index is 0. The maximum atomic E-state index is 3.21. The molecule has 0 spiro atoms. The molecule has 1 radical (unpaired) electrons. The van der Waals surface area contributed by atoms with E-state index in [9.17, 15) is 0 Å². The second-order valence-corrected chi connectivity index (χ2v) is 5.74. The molecule has 0 saturated carbocycles. The Morgan fingerprint density at radius 1 is 1.00 bits per heavy atom. The summed E-state index contributed by atoms with van der Waals surface area (Å²) < 4.78 is 0. The van der Waals surface area contributed by atoms with Crippen molar-refractivity contribution in [1.29, 1.82) is 0 Å². The van der Waals surface area contributed by atoms with Crippen LogP contribution in [0.5, 0.6) is 0 Å². The van der Waals surface area contributed by atoms with Gasteiger partial charge in [0.1, 0.15) is 0 Å². The Morgan fingerprint density at radius 2 is 1.53 bits per heavy atom. The molecular formula is C14H19Y-. The van der Waals surface area contributed by atoms with Crippen LogP contribution in [0.3, 0.4) is 0 Å². The van der Waals surface area contributed by atoms with E-state index in [2.05, 4.69) is 45.9 Å². The normalized spacial score (nSPS) is 21.3. The average molecular weight is 276 g/mol. The zero-order chi connectivity index (χ0) is 10.4. The van der Waals surface area contributed by atoms with E-state index in [0.717, 1.165) is 0 Å². The summed E-state index contributed by atoms with van der Waals surface area (Å²) in [4.78, 5) is 0. The first-order valence-electron chi connectivity index (χ1n) is 5.45. The summed E-state index contributed by atoms with van der Waals surface area (Å²) >= 11 is 0. The summed E-state index contributed by atoms with van der Waals surface area (Å²) in [5.41, 5.74) is 3.70. The van der Waals surface area contributed by atoms with E-state index < -0.39 is 0 Å². The van der Waals surface area contributed by atoms with Crippen molar-refractivity contribution >= 4 is 0 Å². The van der Waals surface area contributed by atoms with Crippen LogP contribution in [0.2, 0.25) is 0 Å². The van der Waals surface area contributed by atoms with E-state index in [1.807, 2.05) is 6.07 Å². The molecule has 1 aromatic carbocycles. The van der Waals surface area contributed by atoms with Gasteiger partial charge in [-0.05, 0) is 11.8 Å². The van der Waals surface area contributed by atoms with E-state index in [4.69, 9.17) is 0 Å². The van der Waals surface area contributed by atoms with Crippen molar-refractivity contribution < 1.29 is 32.7 Å². The molecule has 0 amide bonds.